The lowest BCUT2D eigenvalue weighted by Crippen LogP contribution is -2.34. The molecule has 1 rings (SSSR count). The van der Waals surface area contributed by atoms with Crippen LogP contribution in [0.3, 0.4) is 0 Å². The van der Waals surface area contributed by atoms with Crippen LogP contribution < -0.4 is 0 Å². The summed E-state index contributed by atoms with van der Waals surface area (Å²) in [7, 11) is 0. The second-order valence-electron chi connectivity index (χ2n) is 5.06. The lowest BCUT2D eigenvalue weighted by atomic mass is 10.0. The first kappa shape index (κ1) is 16.8. The van der Waals surface area contributed by atoms with Crippen LogP contribution in [0.4, 0.5) is 8.78 Å². The van der Waals surface area contributed by atoms with Crippen molar-refractivity contribution >= 4 is 5.78 Å². The lowest BCUT2D eigenvalue weighted by molar-refractivity contribution is 0.0920. The van der Waals surface area contributed by atoms with Gasteiger partial charge in [-0.05, 0) is 30.7 Å². The van der Waals surface area contributed by atoms with Crippen LogP contribution in [0.1, 0.15) is 44.0 Å². The Bertz CT molecular complexity index is 444. The molecule has 0 spiro atoms. The van der Waals surface area contributed by atoms with Crippen LogP contribution in [-0.4, -0.2) is 30.3 Å². The smallest absolute Gasteiger partial charge is 0.176 e. The van der Waals surface area contributed by atoms with E-state index in [0.717, 1.165) is 38.1 Å². The summed E-state index contributed by atoms with van der Waals surface area (Å²) in [5.74, 6) is -1.51. The molecule has 0 aliphatic carbocycles. The largest absolute Gasteiger partial charge is 0.296 e. The van der Waals surface area contributed by atoms with Gasteiger partial charge in [0.05, 0.1) is 6.54 Å². The van der Waals surface area contributed by atoms with Crippen LogP contribution >= 0.6 is 0 Å². The van der Waals surface area contributed by atoms with Crippen molar-refractivity contribution in [3.05, 3.63) is 35.4 Å². The number of carbonyl (C=O) groups excluding carboxylic acids is 1. The summed E-state index contributed by atoms with van der Waals surface area (Å²) in [4.78, 5) is 14.2. The second-order valence-corrected chi connectivity index (χ2v) is 5.06. The predicted molar refractivity (Wildman–Crippen MR) is 76.9 cm³/mol. The molecule has 1 aromatic rings. The molecule has 0 bridgehead atoms. The van der Waals surface area contributed by atoms with E-state index < -0.39 is 11.6 Å². The van der Waals surface area contributed by atoms with E-state index in [1.807, 2.05) is 6.92 Å². The Hall–Kier alpha value is -1.29. The van der Waals surface area contributed by atoms with Gasteiger partial charge in [-0.2, -0.15) is 0 Å². The summed E-state index contributed by atoms with van der Waals surface area (Å²) >= 11 is 0. The van der Waals surface area contributed by atoms with Gasteiger partial charge in [-0.1, -0.05) is 33.6 Å². The van der Waals surface area contributed by atoms with Gasteiger partial charge < -0.3 is 0 Å². The average molecular weight is 283 g/mol. The topological polar surface area (TPSA) is 20.3 Å². The molecule has 0 aliphatic rings. The first-order valence-corrected chi connectivity index (χ1v) is 7.22. The lowest BCUT2D eigenvalue weighted by Gasteiger charge is -2.24. The molecule has 0 amide bonds. The number of rotatable bonds is 8. The monoisotopic (exact) mass is 283 g/mol. The minimum atomic E-state index is -0.973. The van der Waals surface area contributed by atoms with Crippen molar-refractivity contribution in [3.63, 3.8) is 0 Å². The molecule has 0 atom stereocenters. The minimum Gasteiger partial charge on any atom is -0.296 e. The quantitative estimate of drug-likeness (QED) is 0.674. The fourth-order valence-corrected chi connectivity index (χ4v) is 2.18. The third kappa shape index (κ3) is 4.67. The second kappa shape index (κ2) is 8.10. The molecule has 0 fully saturated rings. The van der Waals surface area contributed by atoms with Crippen LogP contribution in [0.15, 0.2) is 18.2 Å². The maximum absolute atomic E-state index is 13.1. The van der Waals surface area contributed by atoms with Gasteiger partial charge in [0.25, 0.3) is 0 Å². The molecule has 0 unspecified atom stereocenters. The fourth-order valence-electron chi connectivity index (χ4n) is 2.18. The Labute approximate surface area is 119 Å². The van der Waals surface area contributed by atoms with E-state index in [1.54, 1.807) is 0 Å². The van der Waals surface area contributed by atoms with E-state index in [9.17, 15) is 13.6 Å². The summed E-state index contributed by atoms with van der Waals surface area (Å²) in [6, 6.07) is 3.31. The van der Waals surface area contributed by atoms with Crippen molar-refractivity contribution in [2.45, 2.75) is 33.6 Å². The maximum atomic E-state index is 13.1. The molecule has 0 N–H and O–H groups in total. The maximum Gasteiger partial charge on any atom is 0.176 e. The molecule has 20 heavy (non-hydrogen) atoms. The van der Waals surface area contributed by atoms with Crippen molar-refractivity contribution in [2.24, 2.45) is 5.92 Å². The fraction of sp³-hybridized carbons (Fsp3) is 0.562. The molecule has 2 nitrogen and oxygen atoms in total. The highest BCUT2D eigenvalue weighted by atomic mass is 19.2. The standard InChI is InChI=1S/C16H23F2NO/c1-4-12(5-2)10-19(6-3)11-16(20)13-7-8-14(17)15(18)9-13/h7-9,12H,4-6,10-11H2,1-3H3. The summed E-state index contributed by atoms with van der Waals surface area (Å²) < 4.78 is 26.0. The Balaban J connectivity index is 2.69. The molecule has 0 saturated carbocycles. The van der Waals surface area contributed by atoms with Crippen molar-refractivity contribution in [2.75, 3.05) is 19.6 Å². The van der Waals surface area contributed by atoms with Gasteiger partial charge >= 0.3 is 0 Å². The van der Waals surface area contributed by atoms with Crippen LogP contribution in [-0.2, 0) is 0 Å². The first-order chi connectivity index (χ1) is 9.51. The van der Waals surface area contributed by atoms with Gasteiger partial charge in [0.15, 0.2) is 17.4 Å². The molecular formula is C16H23F2NO. The Morgan fingerprint density at radius 3 is 2.30 bits per heavy atom. The highest BCUT2D eigenvalue weighted by molar-refractivity contribution is 5.97. The summed E-state index contributed by atoms with van der Waals surface area (Å²) in [5.41, 5.74) is 0.229. The zero-order chi connectivity index (χ0) is 15.1. The van der Waals surface area contributed by atoms with E-state index in [4.69, 9.17) is 0 Å². The summed E-state index contributed by atoms with van der Waals surface area (Å²) in [5, 5.41) is 0. The summed E-state index contributed by atoms with van der Waals surface area (Å²) in [6.07, 6.45) is 2.15. The number of hydrogen-bond donors (Lipinski definition) is 0. The number of hydrogen-bond acceptors (Lipinski definition) is 2. The van der Waals surface area contributed by atoms with Gasteiger partial charge in [0, 0.05) is 12.1 Å². The predicted octanol–water partition coefficient (Wildman–Crippen LogP) is 3.91. The Morgan fingerprint density at radius 1 is 1.15 bits per heavy atom. The number of likely N-dealkylation sites (N-methyl/N-ethyl adjacent to an activating group) is 1. The summed E-state index contributed by atoms with van der Waals surface area (Å²) in [6.45, 7) is 8.15. The SMILES string of the molecule is CCC(CC)CN(CC)CC(=O)c1ccc(F)c(F)c1. The number of nitrogens with zero attached hydrogens (tertiary/aromatic N) is 1. The molecule has 0 aliphatic heterocycles. The van der Waals surface area contributed by atoms with Crippen LogP contribution in [0.25, 0.3) is 0 Å². The van der Waals surface area contributed by atoms with E-state index in [-0.39, 0.29) is 17.9 Å². The number of carbonyl (C=O) groups is 1. The first-order valence-electron chi connectivity index (χ1n) is 7.22. The zero-order valence-electron chi connectivity index (χ0n) is 12.5. The number of Topliss-reactive ketones (excluding diaryl/α,β-unsaturated/α-hetero) is 1. The zero-order valence-corrected chi connectivity index (χ0v) is 12.5. The molecule has 0 aromatic heterocycles. The molecule has 0 radical (unpaired) electrons. The minimum absolute atomic E-state index is 0.170. The van der Waals surface area contributed by atoms with Crippen molar-refractivity contribution in [1.82, 2.24) is 4.90 Å². The van der Waals surface area contributed by atoms with Crippen LogP contribution in [0, 0.1) is 17.6 Å². The van der Waals surface area contributed by atoms with Crippen molar-refractivity contribution < 1.29 is 13.6 Å². The van der Waals surface area contributed by atoms with Crippen LogP contribution in [0.5, 0.6) is 0 Å². The average Bonchev–Trinajstić information content (AvgIpc) is 2.46. The molecule has 112 valence electrons. The van der Waals surface area contributed by atoms with E-state index in [0.29, 0.717) is 5.92 Å². The Morgan fingerprint density at radius 2 is 1.80 bits per heavy atom. The van der Waals surface area contributed by atoms with E-state index in [1.165, 1.54) is 6.07 Å². The number of benzene rings is 1. The van der Waals surface area contributed by atoms with Gasteiger partial charge in [-0.3, -0.25) is 9.69 Å². The van der Waals surface area contributed by atoms with E-state index in [2.05, 4.69) is 18.7 Å². The number of ketones is 1. The van der Waals surface area contributed by atoms with E-state index >= 15 is 0 Å². The van der Waals surface area contributed by atoms with Crippen molar-refractivity contribution in [3.8, 4) is 0 Å². The van der Waals surface area contributed by atoms with Gasteiger partial charge in [-0.15, -0.1) is 0 Å². The van der Waals surface area contributed by atoms with Gasteiger partial charge in [-0.25, -0.2) is 8.78 Å². The molecule has 0 heterocycles. The molecule has 1 aromatic carbocycles. The molecule has 0 saturated heterocycles. The Kier molecular flexibility index (Phi) is 6.79. The van der Waals surface area contributed by atoms with Crippen LogP contribution in [0.2, 0.25) is 0 Å². The van der Waals surface area contributed by atoms with Gasteiger partial charge in [0.1, 0.15) is 0 Å². The number of halogens is 2. The highest BCUT2D eigenvalue weighted by Gasteiger charge is 2.16. The normalized spacial score (nSPS) is 11.3. The van der Waals surface area contributed by atoms with Crippen molar-refractivity contribution in [1.29, 1.82) is 0 Å². The highest BCUT2D eigenvalue weighted by Crippen LogP contribution is 2.12. The van der Waals surface area contributed by atoms with Gasteiger partial charge in [0.2, 0.25) is 0 Å². The third-order valence-corrected chi connectivity index (χ3v) is 3.73. The molecule has 4 heteroatoms. The molecular weight excluding hydrogens is 260 g/mol. The third-order valence-electron chi connectivity index (χ3n) is 3.73.